The van der Waals surface area contributed by atoms with Gasteiger partial charge >= 0.3 is 5.69 Å². The molecular weight excluding hydrogens is 470 g/mol. The number of amides is 1. The second-order valence-corrected chi connectivity index (χ2v) is 9.05. The van der Waals surface area contributed by atoms with E-state index in [1.54, 1.807) is 19.1 Å². The molecule has 188 valence electrons. The molecule has 5 rings (SSSR count). The van der Waals surface area contributed by atoms with Crippen LogP contribution in [-0.2, 0) is 4.79 Å². The first-order valence-corrected chi connectivity index (χ1v) is 12.0. The smallest absolute Gasteiger partial charge is 0.311 e. The molecule has 1 aromatic heterocycles. The van der Waals surface area contributed by atoms with Crippen molar-refractivity contribution in [3.05, 3.63) is 98.7 Å². The fourth-order valence-electron chi connectivity index (χ4n) is 4.84. The number of anilines is 2. The average Bonchev–Trinajstić information content (AvgIpc) is 3.23. The molecule has 4 aromatic rings. The number of ether oxygens (including phenoxy) is 1. The van der Waals surface area contributed by atoms with Crippen LogP contribution in [-0.4, -0.2) is 27.0 Å². The second kappa shape index (κ2) is 9.42. The number of rotatable bonds is 6. The highest BCUT2D eigenvalue weighted by molar-refractivity contribution is 6.06. The fourth-order valence-corrected chi connectivity index (χ4v) is 4.84. The molecule has 37 heavy (non-hydrogen) atoms. The van der Waals surface area contributed by atoms with Gasteiger partial charge in [-0.1, -0.05) is 35.9 Å². The summed E-state index contributed by atoms with van der Waals surface area (Å²) in [7, 11) is 0. The van der Waals surface area contributed by atoms with E-state index in [2.05, 4.69) is 10.6 Å². The van der Waals surface area contributed by atoms with E-state index in [-0.39, 0.29) is 17.3 Å². The summed E-state index contributed by atoms with van der Waals surface area (Å²) in [5.74, 6) is 0.438. The summed E-state index contributed by atoms with van der Waals surface area (Å²) in [6, 6.07) is 17.6. The number of aryl methyl sites for hydroxylation is 2. The Morgan fingerprint density at radius 1 is 1.14 bits per heavy atom. The number of nitro groups is 1. The molecule has 0 spiro atoms. The third-order valence-corrected chi connectivity index (χ3v) is 6.50. The molecular formula is C28H27N5O4. The van der Waals surface area contributed by atoms with Crippen molar-refractivity contribution in [1.82, 2.24) is 9.55 Å². The summed E-state index contributed by atoms with van der Waals surface area (Å²) in [6.45, 7) is 7.83. The van der Waals surface area contributed by atoms with Gasteiger partial charge in [0.1, 0.15) is 0 Å². The third kappa shape index (κ3) is 4.29. The Morgan fingerprint density at radius 3 is 2.65 bits per heavy atom. The van der Waals surface area contributed by atoms with E-state index >= 15 is 0 Å². The van der Waals surface area contributed by atoms with Crippen molar-refractivity contribution in [2.45, 2.75) is 33.7 Å². The van der Waals surface area contributed by atoms with Crippen LogP contribution in [0, 0.1) is 24.0 Å². The number of allylic oxidation sites excluding steroid dienone is 1. The average molecular weight is 498 g/mol. The lowest BCUT2D eigenvalue weighted by Gasteiger charge is -2.31. The van der Waals surface area contributed by atoms with Gasteiger partial charge in [0, 0.05) is 17.5 Å². The topological polar surface area (TPSA) is 111 Å². The van der Waals surface area contributed by atoms with Crippen LogP contribution >= 0.6 is 0 Å². The summed E-state index contributed by atoms with van der Waals surface area (Å²) in [4.78, 5) is 30.0. The maximum Gasteiger partial charge on any atom is 0.311 e. The van der Waals surface area contributed by atoms with E-state index in [0.29, 0.717) is 35.1 Å². The Hall–Kier alpha value is -4.66. The molecule has 1 aliphatic heterocycles. The predicted molar refractivity (Wildman–Crippen MR) is 143 cm³/mol. The summed E-state index contributed by atoms with van der Waals surface area (Å²) in [6.07, 6.45) is 0. The van der Waals surface area contributed by atoms with E-state index in [4.69, 9.17) is 9.72 Å². The minimum atomic E-state index is -0.663. The molecule has 9 nitrogen and oxygen atoms in total. The number of nitro benzene ring substituents is 1. The lowest BCUT2D eigenvalue weighted by atomic mass is 9.93. The van der Waals surface area contributed by atoms with Crippen molar-refractivity contribution in [2.24, 2.45) is 0 Å². The van der Waals surface area contributed by atoms with Gasteiger partial charge in [-0.25, -0.2) is 4.98 Å². The lowest BCUT2D eigenvalue weighted by Crippen LogP contribution is -2.31. The van der Waals surface area contributed by atoms with Crippen molar-refractivity contribution in [3.8, 4) is 5.75 Å². The maximum atomic E-state index is 13.9. The molecule has 0 saturated carbocycles. The molecule has 1 atom stereocenters. The Kier molecular flexibility index (Phi) is 6.12. The normalized spacial score (nSPS) is 14.8. The van der Waals surface area contributed by atoms with E-state index < -0.39 is 11.0 Å². The molecule has 0 radical (unpaired) electrons. The van der Waals surface area contributed by atoms with Crippen LogP contribution in [0.25, 0.3) is 11.0 Å². The van der Waals surface area contributed by atoms with Crippen LogP contribution in [0.5, 0.6) is 5.75 Å². The van der Waals surface area contributed by atoms with Crippen LogP contribution in [0.2, 0.25) is 0 Å². The van der Waals surface area contributed by atoms with Crippen molar-refractivity contribution in [2.75, 3.05) is 17.2 Å². The van der Waals surface area contributed by atoms with E-state index in [0.717, 1.165) is 22.2 Å². The zero-order valence-electron chi connectivity index (χ0n) is 21.0. The van der Waals surface area contributed by atoms with Gasteiger partial charge in [0.05, 0.1) is 34.2 Å². The van der Waals surface area contributed by atoms with Crippen LogP contribution < -0.4 is 15.4 Å². The van der Waals surface area contributed by atoms with Gasteiger partial charge in [0.2, 0.25) is 5.95 Å². The fraction of sp³-hybridized carbons (Fsp3) is 0.214. The van der Waals surface area contributed by atoms with E-state index in [1.807, 2.05) is 67.8 Å². The summed E-state index contributed by atoms with van der Waals surface area (Å²) in [5.41, 5.74) is 5.77. The highest BCUT2D eigenvalue weighted by atomic mass is 16.6. The van der Waals surface area contributed by atoms with Crippen molar-refractivity contribution < 1.29 is 14.5 Å². The number of carbonyl (C=O) groups is 1. The van der Waals surface area contributed by atoms with Crippen molar-refractivity contribution >= 4 is 34.3 Å². The lowest BCUT2D eigenvalue weighted by molar-refractivity contribution is -0.385. The van der Waals surface area contributed by atoms with Crippen LogP contribution in [0.15, 0.2) is 71.9 Å². The van der Waals surface area contributed by atoms with Crippen LogP contribution in [0.4, 0.5) is 17.3 Å². The van der Waals surface area contributed by atoms with Gasteiger partial charge in [-0.15, -0.1) is 0 Å². The Labute approximate surface area is 213 Å². The number of benzene rings is 3. The Balaban J connectivity index is 1.69. The largest absolute Gasteiger partial charge is 0.487 e. The highest BCUT2D eigenvalue weighted by Gasteiger charge is 2.35. The Morgan fingerprint density at radius 2 is 1.92 bits per heavy atom. The number of nitrogens with zero attached hydrogens (tertiary/aromatic N) is 3. The molecule has 2 heterocycles. The first kappa shape index (κ1) is 24.1. The number of carbonyl (C=O) groups excluding carboxylic acids is 1. The van der Waals surface area contributed by atoms with E-state index in [1.165, 1.54) is 6.07 Å². The molecule has 0 fully saturated rings. The van der Waals surface area contributed by atoms with Crippen molar-refractivity contribution in [1.29, 1.82) is 0 Å². The standard InChI is InChI=1S/C28H27N5O4/c1-5-37-24-13-11-19(15-23(24)33(35)36)26-25(27(34)30-20-12-10-16(2)14-17(20)3)18(4)29-28-31-21-8-6-7-9-22(21)32(26)28/h6-15,26H,5H2,1-4H3,(H,29,31)(H,30,34)/t26-/m0/s1. The molecule has 0 unspecified atom stereocenters. The minimum absolute atomic E-state index is 0.157. The number of imidazole rings is 1. The summed E-state index contributed by atoms with van der Waals surface area (Å²) in [5, 5.41) is 18.2. The number of hydrogen-bond acceptors (Lipinski definition) is 6. The zero-order chi connectivity index (χ0) is 26.3. The van der Waals surface area contributed by atoms with E-state index in [9.17, 15) is 14.9 Å². The Bertz CT molecular complexity index is 1590. The summed E-state index contributed by atoms with van der Waals surface area (Å²) < 4.78 is 7.41. The summed E-state index contributed by atoms with van der Waals surface area (Å²) >= 11 is 0. The van der Waals surface area contributed by atoms with Gasteiger partial charge in [-0.3, -0.25) is 19.5 Å². The van der Waals surface area contributed by atoms with Gasteiger partial charge < -0.3 is 15.4 Å². The first-order valence-electron chi connectivity index (χ1n) is 12.0. The number of para-hydroxylation sites is 2. The van der Waals surface area contributed by atoms with Gasteiger partial charge in [0.15, 0.2) is 5.75 Å². The predicted octanol–water partition coefficient (Wildman–Crippen LogP) is 5.89. The molecule has 0 aliphatic carbocycles. The zero-order valence-corrected chi connectivity index (χ0v) is 21.0. The van der Waals surface area contributed by atoms with Gasteiger partial charge in [-0.2, -0.15) is 0 Å². The van der Waals surface area contributed by atoms with Gasteiger partial charge in [0.25, 0.3) is 5.91 Å². The molecule has 1 amide bonds. The van der Waals surface area contributed by atoms with Crippen LogP contribution in [0.3, 0.4) is 0 Å². The monoisotopic (exact) mass is 497 g/mol. The number of aromatic nitrogens is 2. The maximum absolute atomic E-state index is 13.9. The first-order chi connectivity index (χ1) is 17.8. The molecule has 0 bridgehead atoms. The molecule has 9 heteroatoms. The second-order valence-electron chi connectivity index (χ2n) is 9.05. The number of hydrogen-bond donors (Lipinski definition) is 2. The highest BCUT2D eigenvalue weighted by Crippen LogP contribution is 2.42. The number of fused-ring (bicyclic) bond motifs is 3. The molecule has 3 aromatic carbocycles. The molecule has 0 saturated heterocycles. The van der Waals surface area contributed by atoms with Crippen molar-refractivity contribution in [3.63, 3.8) is 0 Å². The SMILES string of the molecule is CCOc1ccc([C@H]2C(C(=O)Nc3ccc(C)cc3C)=C(C)Nc3nc4ccccc4n32)cc1[N+](=O)[O-]. The quantitative estimate of drug-likeness (QED) is 0.254. The number of nitrogens with one attached hydrogen (secondary N) is 2. The third-order valence-electron chi connectivity index (χ3n) is 6.50. The molecule has 2 N–H and O–H groups in total. The van der Waals surface area contributed by atoms with Gasteiger partial charge in [-0.05, 0) is 63.1 Å². The minimum Gasteiger partial charge on any atom is -0.487 e. The molecule has 1 aliphatic rings. The van der Waals surface area contributed by atoms with Crippen LogP contribution in [0.1, 0.15) is 36.6 Å².